The highest BCUT2D eigenvalue weighted by atomic mass is 16.4. The first-order valence-corrected chi connectivity index (χ1v) is 7.29. The Morgan fingerprint density at radius 2 is 1.71 bits per heavy atom. The van der Waals surface area contributed by atoms with E-state index in [2.05, 4.69) is 0 Å². The molecule has 0 bridgehead atoms. The number of carboxylic acids is 2. The van der Waals surface area contributed by atoms with Crippen molar-refractivity contribution in [2.24, 2.45) is 0 Å². The molecule has 0 aliphatic rings. The molecule has 6 heteroatoms. The van der Waals surface area contributed by atoms with E-state index >= 15 is 0 Å². The third-order valence-electron chi connectivity index (χ3n) is 3.85. The van der Waals surface area contributed by atoms with Crippen molar-refractivity contribution in [3.05, 3.63) is 65.4 Å². The maximum atomic E-state index is 11.5. The van der Waals surface area contributed by atoms with Gasteiger partial charge in [-0.15, -0.1) is 0 Å². The molecule has 1 heterocycles. The third kappa shape index (κ3) is 2.94. The van der Waals surface area contributed by atoms with Crippen LogP contribution in [0, 0.1) is 0 Å². The second kappa shape index (κ2) is 6.08. The molecule has 3 N–H and O–H groups in total. The van der Waals surface area contributed by atoms with Crippen molar-refractivity contribution in [2.45, 2.75) is 13.0 Å². The first-order valence-electron chi connectivity index (χ1n) is 7.29. The Hall–Kier alpha value is -3.28. The predicted molar refractivity (Wildman–Crippen MR) is 87.4 cm³/mol. The van der Waals surface area contributed by atoms with Crippen LogP contribution in [0.5, 0.6) is 5.75 Å². The fourth-order valence-electron chi connectivity index (χ4n) is 2.84. The number of phenolic OH excluding ortho intramolecular Hbond substituents is 1. The van der Waals surface area contributed by atoms with Crippen LogP contribution < -0.4 is 0 Å². The van der Waals surface area contributed by atoms with Crippen LogP contribution in [-0.2, 0) is 17.8 Å². The first-order chi connectivity index (χ1) is 11.5. The van der Waals surface area contributed by atoms with Gasteiger partial charge in [-0.3, -0.25) is 4.79 Å². The molecule has 3 rings (SSSR count). The molecule has 1 aromatic heterocycles. The summed E-state index contributed by atoms with van der Waals surface area (Å²) in [4.78, 5) is 22.6. The fraction of sp³-hybridized carbons (Fsp3) is 0.111. The number of phenols is 1. The quantitative estimate of drug-likeness (QED) is 0.670. The zero-order valence-corrected chi connectivity index (χ0v) is 12.6. The summed E-state index contributed by atoms with van der Waals surface area (Å²) in [6.07, 6.45) is 1.43. The van der Waals surface area contributed by atoms with Crippen molar-refractivity contribution in [3.63, 3.8) is 0 Å². The summed E-state index contributed by atoms with van der Waals surface area (Å²) in [5.74, 6) is -1.94. The first kappa shape index (κ1) is 15.6. The standard InChI is InChI=1S/C18H15NO5/c20-13-6-4-11(5-7-13)9-19-10-12(8-16(21)22)17-14(18(23)24)2-1-3-15(17)19/h1-7,10,20H,8-9H2,(H,21,22)(H,23,24). The number of aromatic nitrogens is 1. The van der Waals surface area contributed by atoms with Gasteiger partial charge < -0.3 is 19.9 Å². The van der Waals surface area contributed by atoms with E-state index in [0.29, 0.717) is 23.0 Å². The Balaban J connectivity index is 2.14. The molecular formula is C18H15NO5. The van der Waals surface area contributed by atoms with Gasteiger partial charge in [0, 0.05) is 23.6 Å². The highest BCUT2D eigenvalue weighted by Gasteiger charge is 2.18. The number of carboxylic acid groups (broad SMARTS) is 2. The third-order valence-corrected chi connectivity index (χ3v) is 3.85. The van der Waals surface area contributed by atoms with E-state index in [1.54, 1.807) is 42.6 Å². The minimum atomic E-state index is -1.09. The van der Waals surface area contributed by atoms with Gasteiger partial charge in [-0.2, -0.15) is 0 Å². The van der Waals surface area contributed by atoms with Crippen LogP contribution in [0.4, 0.5) is 0 Å². The van der Waals surface area contributed by atoms with Crippen LogP contribution in [-0.4, -0.2) is 31.8 Å². The summed E-state index contributed by atoms with van der Waals surface area (Å²) in [6, 6.07) is 11.6. The zero-order valence-electron chi connectivity index (χ0n) is 12.6. The van der Waals surface area contributed by atoms with Crippen molar-refractivity contribution >= 4 is 22.8 Å². The monoisotopic (exact) mass is 325 g/mol. The van der Waals surface area contributed by atoms with E-state index in [0.717, 1.165) is 5.56 Å². The molecular weight excluding hydrogens is 310 g/mol. The lowest BCUT2D eigenvalue weighted by Crippen LogP contribution is -2.02. The van der Waals surface area contributed by atoms with Gasteiger partial charge in [-0.1, -0.05) is 18.2 Å². The number of aromatic carboxylic acids is 1. The molecule has 0 unspecified atom stereocenters. The number of benzene rings is 2. The van der Waals surface area contributed by atoms with Gasteiger partial charge in [-0.25, -0.2) is 4.79 Å². The van der Waals surface area contributed by atoms with Crippen molar-refractivity contribution < 1.29 is 24.9 Å². The van der Waals surface area contributed by atoms with Gasteiger partial charge >= 0.3 is 11.9 Å². The lowest BCUT2D eigenvalue weighted by atomic mass is 10.0. The smallest absolute Gasteiger partial charge is 0.336 e. The van der Waals surface area contributed by atoms with Crippen LogP contribution in [0.25, 0.3) is 10.9 Å². The van der Waals surface area contributed by atoms with Crippen molar-refractivity contribution in [2.75, 3.05) is 0 Å². The fourth-order valence-corrected chi connectivity index (χ4v) is 2.84. The summed E-state index contributed by atoms with van der Waals surface area (Å²) in [5.41, 5.74) is 2.13. The van der Waals surface area contributed by atoms with Gasteiger partial charge in [0.25, 0.3) is 0 Å². The second-order valence-electron chi connectivity index (χ2n) is 5.52. The molecule has 122 valence electrons. The van der Waals surface area contributed by atoms with Crippen LogP contribution >= 0.6 is 0 Å². The number of fused-ring (bicyclic) bond motifs is 1. The van der Waals surface area contributed by atoms with Gasteiger partial charge in [0.15, 0.2) is 0 Å². The lowest BCUT2D eigenvalue weighted by molar-refractivity contribution is -0.136. The molecule has 0 saturated heterocycles. The van der Waals surface area contributed by atoms with E-state index in [-0.39, 0.29) is 17.7 Å². The van der Waals surface area contributed by atoms with Gasteiger partial charge in [0.1, 0.15) is 5.75 Å². The Kier molecular flexibility index (Phi) is 3.95. The summed E-state index contributed by atoms with van der Waals surface area (Å²) in [5, 5.41) is 28.3. The average molecular weight is 325 g/mol. The molecule has 24 heavy (non-hydrogen) atoms. The Morgan fingerprint density at radius 1 is 1.00 bits per heavy atom. The summed E-state index contributed by atoms with van der Waals surface area (Å²) >= 11 is 0. The molecule has 0 aliphatic carbocycles. The van der Waals surface area contributed by atoms with Crippen LogP contribution in [0.2, 0.25) is 0 Å². The number of aromatic hydroxyl groups is 1. The topological polar surface area (TPSA) is 99.8 Å². The maximum absolute atomic E-state index is 11.5. The molecule has 0 saturated carbocycles. The number of hydrogen-bond donors (Lipinski definition) is 3. The molecule has 2 aromatic carbocycles. The number of rotatable bonds is 5. The van der Waals surface area contributed by atoms with Crippen LogP contribution in [0.1, 0.15) is 21.5 Å². The minimum Gasteiger partial charge on any atom is -0.508 e. The molecule has 0 amide bonds. The molecule has 0 aliphatic heterocycles. The van der Waals surface area contributed by atoms with E-state index < -0.39 is 11.9 Å². The van der Waals surface area contributed by atoms with E-state index in [9.17, 15) is 19.8 Å². The number of carbonyl (C=O) groups is 2. The summed E-state index contributed by atoms with van der Waals surface area (Å²) in [6.45, 7) is 0.444. The van der Waals surface area contributed by atoms with Crippen molar-refractivity contribution in [1.82, 2.24) is 4.57 Å². The Morgan fingerprint density at radius 3 is 2.33 bits per heavy atom. The number of aliphatic carboxylic acids is 1. The highest BCUT2D eigenvalue weighted by Crippen LogP contribution is 2.27. The molecule has 0 atom stereocenters. The molecule has 0 spiro atoms. The largest absolute Gasteiger partial charge is 0.508 e. The van der Waals surface area contributed by atoms with Gasteiger partial charge in [0.05, 0.1) is 12.0 Å². The predicted octanol–water partition coefficient (Wildman–Crippen LogP) is 2.72. The van der Waals surface area contributed by atoms with Gasteiger partial charge in [-0.05, 0) is 35.4 Å². The summed E-state index contributed by atoms with van der Waals surface area (Å²) < 4.78 is 1.83. The second-order valence-corrected chi connectivity index (χ2v) is 5.52. The number of hydrogen-bond acceptors (Lipinski definition) is 3. The van der Waals surface area contributed by atoms with E-state index in [4.69, 9.17) is 5.11 Å². The van der Waals surface area contributed by atoms with Crippen LogP contribution in [0.15, 0.2) is 48.7 Å². The average Bonchev–Trinajstić information content (AvgIpc) is 2.86. The van der Waals surface area contributed by atoms with Crippen molar-refractivity contribution in [3.8, 4) is 5.75 Å². The van der Waals surface area contributed by atoms with E-state index in [1.807, 2.05) is 4.57 Å². The maximum Gasteiger partial charge on any atom is 0.336 e. The minimum absolute atomic E-state index is 0.0909. The molecule has 0 fully saturated rings. The SMILES string of the molecule is O=C(O)Cc1cn(Cc2ccc(O)cc2)c2cccc(C(=O)O)c12. The Bertz CT molecular complexity index is 924. The molecule has 0 radical (unpaired) electrons. The van der Waals surface area contributed by atoms with Crippen molar-refractivity contribution in [1.29, 1.82) is 0 Å². The lowest BCUT2D eigenvalue weighted by Gasteiger charge is -2.06. The Labute approximate surface area is 137 Å². The van der Waals surface area contributed by atoms with Gasteiger partial charge in [0.2, 0.25) is 0 Å². The summed E-state index contributed by atoms with van der Waals surface area (Å²) in [7, 11) is 0. The number of nitrogens with zero attached hydrogens (tertiary/aromatic N) is 1. The molecule has 6 nitrogen and oxygen atoms in total. The van der Waals surface area contributed by atoms with Crippen LogP contribution in [0.3, 0.4) is 0 Å². The zero-order chi connectivity index (χ0) is 17.3. The highest BCUT2D eigenvalue weighted by molar-refractivity contribution is 6.05. The normalized spacial score (nSPS) is 10.8. The molecule has 3 aromatic rings. The van der Waals surface area contributed by atoms with E-state index in [1.165, 1.54) is 6.07 Å².